The Bertz CT molecular complexity index is 1060. The molecule has 5 nitrogen and oxygen atoms in total. The Hall–Kier alpha value is -2.60. The second-order valence-electron chi connectivity index (χ2n) is 7.00. The quantitative estimate of drug-likeness (QED) is 0.587. The van der Waals surface area contributed by atoms with Gasteiger partial charge in [-0.3, -0.25) is 4.79 Å². The average molecular weight is 428 g/mol. The molecule has 27 heavy (non-hydrogen) atoms. The van der Waals surface area contributed by atoms with Crippen LogP contribution in [0, 0.1) is 12.8 Å². The number of aromatic nitrogens is 1. The third kappa shape index (κ3) is 4.39. The van der Waals surface area contributed by atoms with Gasteiger partial charge in [0.05, 0.1) is 11.4 Å². The highest BCUT2D eigenvalue weighted by molar-refractivity contribution is 9.10. The van der Waals surface area contributed by atoms with Gasteiger partial charge < -0.3 is 15.2 Å². The molecule has 2 amide bonds. The van der Waals surface area contributed by atoms with Crippen molar-refractivity contribution in [2.24, 2.45) is 5.92 Å². The molecule has 0 radical (unpaired) electrons. The Balaban J connectivity index is 1.94. The third-order valence-corrected chi connectivity index (χ3v) is 4.83. The number of amides is 2. The molecular weight excluding hydrogens is 406 g/mol. The predicted octanol–water partition coefficient (Wildman–Crippen LogP) is 5.37. The van der Waals surface area contributed by atoms with Crippen molar-refractivity contribution in [3.8, 4) is 0 Å². The molecule has 3 aromatic rings. The van der Waals surface area contributed by atoms with Crippen LogP contribution >= 0.6 is 15.9 Å². The number of aryl methyl sites for hydroxylation is 1. The first kappa shape index (κ1) is 19.2. The Labute approximate surface area is 166 Å². The van der Waals surface area contributed by atoms with E-state index < -0.39 is 0 Å². The SMILES string of the molecule is Cc1ccc(NC(=O)Nc2cn(CC(C)C)c(=O)c3ccccc23)c(Br)c1. The van der Waals surface area contributed by atoms with Crippen molar-refractivity contribution in [1.82, 2.24) is 4.57 Å². The van der Waals surface area contributed by atoms with E-state index in [2.05, 4.69) is 40.4 Å². The molecule has 1 heterocycles. The van der Waals surface area contributed by atoms with Crippen LogP contribution in [-0.4, -0.2) is 10.6 Å². The maximum absolute atomic E-state index is 12.7. The number of pyridine rings is 1. The number of fused-ring (bicyclic) bond motifs is 1. The van der Waals surface area contributed by atoms with Crippen molar-refractivity contribution in [2.75, 3.05) is 10.6 Å². The number of urea groups is 1. The number of carbonyl (C=O) groups is 1. The van der Waals surface area contributed by atoms with Gasteiger partial charge in [0.1, 0.15) is 0 Å². The summed E-state index contributed by atoms with van der Waals surface area (Å²) < 4.78 is 2.47. The highest BCUT2D eigenvalue weighted by atomic mass is 79.9. The summed E-state index contributed by atoms with van der Waals surface area (Å²) in [7, 11) is 0. The summed E-state index contributed by atoms with van der Waals surface area (Å²) in [6, 6.07) is 12.7. The van der Waals surface area contributed by atoms with Crippen LogP contribution < -0.4 is 16.2 Å². The summed E-state index contributed by atoms with van der Waals surface area (Å²) in [5.74, 6) is 0.314. The van der Waals surface area contributed by atoms with Crippen molar-refractivity contribution < 1.29 is 4.79 Å². The molecule has 0 atom stereocenters. The van der Waals surface area contributed by atoms with Crippen molar-refractivity contribution in [2.45, 2.75) is 27.3 Å². The van der Waals surface area contributed by atoms with Crippen molar-refractivity contribution in [3.63, 3.8) is 0 Å². The maximum Gasteiger partial charge on any atom is 0.323 e. The molecule has 140 valence electrons. The Morgan fingerprint density at radius 3 is 2.41 bits per heavy atom. The zero-order valence-electron chi connectivity index (χ0n) is 15.5. The monoisotopic (exact) mass is 427 g/mol. The van der Waals surface area contributed by atoms with Gasteiger partial charge in [0.15, 0.2) is 0 Å². The number of anilines is 2. The molecule has 0 fully saturated rings. The smallest absolute Gasteiger partial charge is 0.313 e. The minimum absolute atomic E-state index is 0.0495. The van der Waals surface area contributed by atoms with E-state index in [9.17, 15) is 9.59 Å². The fourth-order valence-electron chi connectivity index (χ4n) is 2.97. The van der Waals surface area contributed by atoms with Gasteiger partial charge in [-0.25, -0.2) is 4.79 Å². The summed E-state index contributed by atoms with van der Waals surface area (Å²) in [5.41, 5.74) is 2.33. The lowest BCUT2D eigenvalue weighted by Crippen LogP contribution is -2.25. The second-order valence-corrected chi connectivity index (χ2v) is 7.86. The van der Waals surface area contributed by atoms with Crippen LogP contribution in [0.5, 0.6) is 0 Å². The predicted molar refractivity (Wildman–Crippen MR) is 115 cm³/mol. The number of hydrogen-bond acceptors (Lipinski definition) is 2. The molecule has 0 aliphatic heterocycles. The van der Waals surface area contributed by atoms with Gasteiger partial charge in [0.25, 0.3) is 5.56 Å². The first-order valence-electron chi connectivity index (χ1n) is 8.81. The Morgan fingerprint density at radius 1 is 1.07 bits per heavy atom. The molecular formula is C21H22BrN3O2. The molecule has 2 N–H and O–H groups in total. The number of nitrogens with zero attached hydrogens (tertiary/aromatic N) is 1. The van der Waals surface area contributed by atoms with Crippen LogP contribution in [0.3, 0.4) is 0 Å². The molecule has 6 heteroatoms. The van der Waals surface area contributed by atoms with Crippen LogP contribution in [-0.2, 0) is 6.54 Å². The lowest BCUT2D eigenvalue weighted by atomic mass is 10.1. The molecule has 0 unspecified atom stereocenters. The average Bonchev–Trinajstić information content (AvgIpc) is 2.61. The normalized spacial score (nSPS) is 11.0. The summed E-state index contributed by atoms with van der Waals surface area (Å²) in [4.78, 5) is 25.2. The van der Waals surface area contributed by atoms with Crippen LogP contribution in [0.4, 0.5) is 16.2 Å². The molecule has 0 spiro atoms. The summed E-state index contributed by atoms with van der Waals surface area (Å²) in [5, 5.41) is 7.04. The van der Waals surface area contributed by atoms with Crippen LogP contribution in [0.15, 0.2) is 57.9 Å². The van der Waals surface area contributed by atoms with E-state index in [1.807, 2.05) is 43.3 Å². The van der Waals surface area contributed by atoms with E-state index in [1.54, 1.807) is 16.8 Å². The Kier molecular flexibility index (Phi) is 5.65. The highest BCUT2D eigenvalue weighted by Gasteiger charge is 2.12. The molecule has 0 saturated heterocycles. The van der Waals surface area contributed by atoms with E-state index >= 15 is 0 Å². The number of hydrogen-bond donors (Lipinski definition) is 2. The first-order valence-corrected chi connectivity index (χ1v) is 9.61. The molecule has 0 bridgehead atoms. The summed E-state index contributed by atoms with van der Waals surface area (Å²) in [6.07, 6.45) is 1.72. The number of rotatable bonds is 4. The largest absolute Gasteiger partial charge is 0.323 e. The topological polar surface area (TPSA) is 63.1 Å². The highest BCUT2D eigenvalue weighted by Crippen LogP contribution is 2.25. The van der Waals surface area contributed by atoms with E-state index in [-0.39, 0.29) is 11.6 Å². The number of carbonyl (C=O) groups excluding carboxylic acids is 1. The van der Waals surface area contributed by atoms with Crippen molar-refractivity contribution in [3.05, 3.63) is 69.1 Å². The van der Waals surface area contributed by atoms with Gasteiger partial charge in [-0.15, -0.1) is 0 Å². The van der Waals surface area contributed by atoms with Crippen LogP contribution in [0.2, 0.25) is 0 Å². The van der Waals surface area contributed by atoms with Gasteiger partial charge in [0.2, 0.25) is 0 Å². The summed E-state index contributed by atoms with van der Waals surface area (Å²) in [6.45, 7) is 6.68. The van der Waals surface area contributed by atoms with Gasteiger partial charge in [-0.05, 0) is 52.5 Å². The zero-order chi connectivity index (χ0) is 19.6. The standard InChI is InChI=1S/C21H22BrN3O2/c1-13(2)11-25-12-19(15-6-4-5-7-16(15)20(25)26)24-21(27)23-18-9-8-14(3)10-17(18)22/h4-10,12-13H,11H2,1-3H3,(H2,23,24,27). The van der Waals surface area contributed by atoms with Gasteiger partial charge in [0, 0.05) is 28.0 Å². The molecule has 0 aliphatic carbocycles. The minimum Gasteiger partial charge on any atom is -0.313 e. The number of halogens is 1. The molecule has 3 rings (SSSR count). The third-order valence-electron chi connectivity index (χ3n) is 4.18. The minimum atomic E-state index is -0.362. The lowest BCUT2D eigenvalue weighted by molar-refractivity contribution is 0.262. The zero-order valence-corrected chi connectivity index (χ0v) is 17.1. The van der Waals surface area contributed by atoms with Crippen molar-refractivity contribution >= 4 is 44.1 Å². The van der Waals surface area contributed by atoms with Crippen LogP contribution in [0.25, 0.3) is 10.8 Å². The van der Waals surface area contributed by atoms with Gasteiger partial charge in [-0.1, -0.05) is 38.1 Å². The molecule has 2 aromatic carbocycles. The van der Waals surface area contributed by atoms with E-state index in [1.165, 1.54) is 0 Å². The fourth-order valence-corrected chi connectivity index (χ4v) is 3.56. The molecule has 0 saturated carbocycles. The maximum atomic E-state index is 12.7. The van der Waals surface area contributed by atoms with Gasteiger partial charge in [-0.2, -0.15) is 0 Å². The number of benzene rings is 2. The lowest BCUT2D eigenvalue weighted by Gasteiger charge is -2.15. The molecule has 0 aliphatic rings. The van der Waals surface area contributed by atoms with E-state index in [0.29, 0.717) is 29.2 Å². The second kappa shape index (κ2) is 7.96. The molecule has 1 aromatic heterocycles. The van der Waals surface area contributed by atoms with Gasteiger partial charge >= 0.3 is 6.03 Å². The number of nitrogens with one attached hydrogen (secondary N) is 2. The Morgan fingerprint density at radius 2 is 1.74 bits per heavy atom. The first-order chi connectivity index (χ1) is 12.8. The van der Waals surface area contributed by atoms with Crippen LogP contribution in [0.1, 0.15) is 19.4 Å². The van der Waals surface area contributed by atoms with Crippen molar-refractivity contribution in [1.29, 1.82) is 0 Å². The summed E-state index contributed by atoms with van der Waals surface area (Å²) >= 11 is 3.46. The van der Waals surface area contributed by atoms with E-state index in [0.717, 1.165) is 15.4 Å². The van der Waals surface area contributed by atoms with E-state index in [4.69, 9.17) is 0 Å². The fraction of sp³-hybridized carbons (Fsp3) is 0.238.